The van der Waals surface area contributed by atoms with E-state index in [1.165, 1.54) is 0 Å². The minimum atomic E-state index is -4.29. The summed E-state index contributed by atoms with van der Waals surface area (Å²) < 4.78 is 46.1. The highest BCUT2D eigenvalue weighted by atomic mass is 19.4. The zero-order valence-corrected chi connectivity index (χ0v) is 16.7. The summed E-state index contributed by atoms with van der Waals surface area (Å²) >= 11 is 0. The highest BCUT2D eigenvalue weighted by Crippen LogP contribution is 2.31. The second-order valence-electron chi connectivity index (χ2n) is 7.30. The van der Waals surface area contributed by atoms with Crippen LogP contribution in [0.5, 0.6) is 5.75 Å². The minimum absolute atomic E-state index is 0.0140. The number of piperazine rings is 1. The summed E-state index contributed by atoms with van der Waals surface area (Å²) in [5.74, 6) is 0.455. The highest BCUT2D eigenvalue weighted by Gasteiger charge is 2.28. The zero-order valence-electron chi connectivity index (χ0n) is 16.7. The highest BCUT2D eigenvalue weighted by molar-refractivity contribution is 5.98. The molecule has 0 radical (unpaired) electrons. The Morgan fingerprint density at radius 2 is 1.83 bits per heavy atom. The van der Waals surface area contributed by atoms with Gasteiger partial charge in [0.15, 0.2) is 6.61 Å². The number of amides is 2. The second kappa shape index (κ2) is 10.1. The summed E-state index contributed by atoms with van der Waals surface area (Å²) in [6.07, 6.45) is -3.55. The van der Waals surface area contributed by atoms with E-state index in [0.29, 0.717) is 57.1 Å². The first-order valence-electron chi connectivity index (χ1n) is 10.0. The smallest absolute Gasteiger partial charge is 0.411 e. The maximum Gasteiger partial charge on any atom is 0.411 e. The Balaban J connectivity index is 1.36. The number of nitrogens with zero attached hydrogens (tertiary/aromatic N) is 3. The van der Waals surface area contributed by atoms with Gasteiger partial charge in [-0.15, -0.1) is 0 Å². The fraction of sp³-hybridized carbons (Fsp3) is 0.600. The monoisotopic (exact) mass is 429 g/mol. The Hall–Kier alpha value is -2.33. The number of hydrogen-bond acceptors (Lipinski definition) is 5. The van der Waals surface area contributed by atoms with Crippen molar-refractivity contribution >= 4 is 17.5 Å². The number of benzene rings is 1. The Kier molecular flexibility index (Phi) is 7.54. The maximum absolute atomic E-state index is 12.6. The van der Waals surface area contributed by atoms with E-state index in [2.05, 4.69) is 9.64 Å². The van der Waals surface area contributed by atoms with Crippen LogP contribution in [0.1, 0.15) is 12.8 Å². The molecule has 0 atom stereocenters. The fourth-order valence-corrected chi connectivity index (χ4v) is 3.56. The summed E-state index contributed by atoms with van der Waals surface area (Å²) in [4.78, 5) is 30.2. The van der Waals surface area contributed by atoms with E-state index in [0.717, 1.165) is 0 Å². The molecule has 10 heteroatoms. The molecule has 0 aliphatic carbocycles. The van der Waals surface area contributed by atoms with E-state index >= 15 is 0 Å². The number of hydrogen-bond donors (Lipinski definition) is 0. The lowest BCUT2D eigenvalue weighted by Crippen LogP contribution is -2.50. The molecule has 2 heterocycles. The predicted octanol–water partition coefficient (Wildman–Crippen LogP) is 1.92. The van der Waals surface area contributed by atoms with Crippen LogP contribution in [0.4, 0.5) is 18.9 Å². The SMILES string of the molecule is O=C(CCN1C(=O)COc2ccccc21)N1CCN(CCCOCC(F)(F)F)CC1. The van der Waals surface area contributed by atoms with Crippen LogP contribution in [-0.4, -0.2) is 86.9 Å². The van der Waals surface area contributed by atoms with E-state index in [1.807, 2.05) is 12.1 Å². The quantitative estimate of drug-likeness (QED) is 0.591. The third-order valence-electron chi connectivity index (χ3n) is 5.11. The van der Waals surface area contributed by atoms with Crippen LogP contribution in [0.15, 0.2) is 24.3 Å². The van der Waals surface area contributed by atoms with E-state index in [4.69, 9.17) is 4.74 Å². The lowest BCUT2D eigenvalue weighted by molar-refractivity contribution is -0.174. The molecule has 166 valence electrons. The van der Waals surface area contributed by atoms with Crippen LogP contribution in [0.3, 0.4) is 0 Å². The van der Waals surface area contributed by atoms with Crippen LogP contribution >= 0.6 is 0 Å². The van der Waals surface area contributed by atoms with E-state index in [9.17, 15) is 22.8 Å². The van der Waals surface area contributed by atoms with Crippen molar-refractivity contribution in [2.75, 3.05) is 64.0 Å². The van der Waals surface area contributed by atoms with Gasteiger partial charge in [-0.05, 0) is 18.6 Å². The third-order valence-corrected chi connectivity index (χ3v) is 5.11. The van der Waals surface area contributed by atoms with Crippen molar-refractivity contribution in [2.24, 2.45) is 0 Å². The number of carbonyl (C=O) groups is 2. The zero-order chi connectivity index (χ0) is 21.6. The molecule has 1 aromatic carbocycles. The lowest BCUT2D eigenvalue weighted by atomic mass is 10.2. The molecule has 1 aromatic rings. The van der Waals surface area contributed by atoms with Gasteiger partial charge in [0.1, 0.15) is 12.4 Å². The van der Waals surface area contributed by atoms with Crippen molar-refractivity contribution < 1.29 is 32.2 Å². The first kappa shape index (κ1) is 22.4. The Bertz CT molecular complexity index is 736. The molecule has 3 rings (SSSR count). The van der Waals surface area contributed by atoms with E-state index < -0.39 is 12.8 Å². The van der Waals surface area contributed by atoms with Crippen molar-refractivity contribution in [3.8, 4) is 5.75 Å². The molecule has 30 heavy (non-hydrogen) atoms. The van der Waals surface area contributed by atoms with Gasteiger partial charge >= 0.3 is 6.18 Å². The number of ether oxygens (including phenoxy) is 2. The average molecular weight is 429 g/mol. The normalized spacial score (nSPS) is 17.6. The standard InChI is InChI=1S/C20H26F3N3O4/c21-20(22,23)15-29-13-3-7-24-9-11-25(12-10-24)18(27)6-8-26-16-4-1-2-5-17(16)30-14-19(26)28/h1-2,4-5H,3,6-15H2. The number of anilines is 1. The molecule has 0 aromatic heterocycles. The van der Waals surface area contributed by atoms with Crippen LogP contribution in [0.2, 0.25) is 0 Å². The largest absolute Gasteiger partial charge is 0.482 e. The van der Waals surface area contributed by atoms with Gasteiger partial charge in [-0.2, -0.15) is 13.2 Å². The van der Waals surface area contributed by atoms with Crippen molar-refractivity contribution in [3.63, 3.8) is 0 Å². The van der Waals surface area contributed by atoms with Crippen molar-refractivity contribution in [2.45, 2.75) is 19.0 Å². The first-order chi connectivity index (χ1) is 14.3. The van der Waals surface area contributed by atoms with Crippen LogP contribution in [0, 0.1) is 0 Å². The number of halogens is 3. The fourth-order valence-electron chi connectivity index (χ4n) is 3.56. The van der Waals surface area contributed by atoms with E-state index in [-0.39, 0.29) is 31.4 Å². The van der Waals surface area contributed by atoms with Gasteiger partial charge in [-0.25, -0.2) is 0 Å². The molecular weight excluding hydrogens is 403 g/mol. The van der Waals surface area contributed by atoms with Crippen LogP contribution < -0.4 is 9.64 Å². The van der Waals surface area contributed by atoms with Gasteiger partial charge < -0.3 is 19.3 Å². The first-order valence-corrected chi connectivity index (χ1v) is 10.0. The maximum atomic E-state index is 12.6. The molecule has 7 nitrogen and oxygen atoms in total. The molecule has 0 spiro atoms. The van der Waals surface area contributed by atoms with E-state index in [1.54, 1.807) is 21.9 Å². The number of alkyl halides is 3. The molecule has 1 saturated heterocycles. The van der Waals surface area contributed by atoms with Crippen LogP contribution in [0.25, 0.3) is 0 Å². The summed E-state index contributed by atoms with van der Waals surface area (Å²) in [5.41, 5.74) is 0.680. The van der Waals surface area contributed by atoms with Gasteiger partial charge in [-0.3, -0.25) is 14.5 Å². The van der Waals surface area contributed by atoms with Gasteiger partial charge in [-0.1, -0.05) is 12.1 Å². The number of rotatable bonds is 8. The van der Waals surface area contributed by atoms with Gasteiger partial charge in [0.25, 0.3) is 5.91 Å². The topological polar surface area (TPSA) is 62.3 Å². The molecule has 0 unspecified atom stereocenters. The second-order valence-corrected chi connectivity index (χ2v) is 7.30. The molecule has 1 fully saturated rings. The minimum Gasteiger partial charge on any atom is -0.482 e. The Morgan fingerprint density at radius 3 is 2.57 bits per heavy atom. The van der Waals surface area contributed by atoms with Crippen molar-refractivity contribution in [1.29, 1.82) is 0 Å². The number of carbonyl (C=O) groups excluding carboxylic acids is 2. The van der Waals surface area contributed by atoms with Crippen molar-refractivity contribution in [1.82, 2.24) is 9.80 Å². The van der Waals surface area contributed by atoms with Gasteiger partial charge in [0, 0.05) is 52.3 Å². The molecule has 0 saturated carbocycles. The molecule has 2 aliphatic heterocycles. The molecular formula is C20H26F3N3O4. The molecule has 0 bridgehead atoms. The summed E-state index contributed by atoms with van der Waals surface area (Å²) in [6, 6.07) is 7.25. The lowest BCUT2D eigenvalue weighted by Gasteiger charge is -2.35. The molecule has 0 N–H and O–H groups in total. The summed E-state index contributed by atoms with van der Waals surface area (Å²) in [5, 5.41) is 0. The number of fused-ring (bicyclic) bond motifs is 1. The van der Waals surface area contributed by atoms with Gasteiger partial charge in [0.05, 0.1) is 5.69 Å². The third kappa shape index (κ3) is 6.33. The molecule has 2 amide bonds. The number of para-hydroxylation sites is 2. The van der Waals surface area contributed by atoms with Crippen molar-refractivity contribution in [3.05, 3.63) is 24.3 Å². The average Bonchev–Trinajstić information content (AvgIpc) is 2.72. The Labute approximate surface area is 173 Å². The molecule has 2 aliphatic rings. The summed E-state index contributed by atoms with van der Waals surface area (Å²) in [7, 11) is 0. The predicted molar refractivity (Wildman–Crippen MR) is 103 cm³/mol. The van der Waals surface area contributed by atoms with Crippen LogP contribution in [-0.2, 0) is 14.3 Å². The Morgan fingerprint density at radius 1 is 1.10 bits per heavy atom. The van der Waals surface area contributed by atoms with Gasteiger partial charge in [0.2, 0.25) is 5.91 Å². The summed E-state index contributed by atoms with van der Waals surface area (Å²) in [6.45, 7) is 2.23.